The monoisotopic (exact) mass is 605 g/mol. The van der Waals surface area contributed by atoms with Gasteiger partial charge in [-0.25, -0.2) is 19.3 Å². The molecule has 0 radical (unpaired) electrons. The Morgan fingerprint density at radius 3 is 2.73 bits per heavy atom. The zero-order valence-electron chi connectivity index (χ0n) is 23.1. The minimum absolute atomic E-state index is 0.0378. The van der Waals surface area contributed by atoms with Gasteiger partial charge in [0.25, 0.3) is 11.8 Å². The zero-order chi connectivity index (χ0) is 30.0. The highest BCUT2D eigenvalue weighted by Gasteiger charge is 2.22. The van der Waals surface area contributed by atoms with Gasteiger partial charge < -0.3 is 20.3 Å². The number of thiazole rings is 1. The number of carbonyl (C=O) groups is 2. The number of rotatable bonds is 7. The van der Waals surface area contributed by atoms with Gasteiger partial charge in [0.1, 0.15) is 18.1 Å². The van der Waals surface area contributed by atoms with Gasteiger partial charge in [0, 0.05) is 46.9 Å². The zero-order valence-corrected chi connectivity index (χ0v) is 23.9. The summed E-state index contributed by atoms with van der Waals surface area (Å²) in [7, 11) is 0. The fourth-order valence-corrected chi connectivity index (χ4v) is 5.76. The summed E-state index contributed by atoms with van der Waals surface area (Å²) in [5.41, 5.74) is 4.74. The van der Waals surface area contributed by atoms with Crippen LogP contribution in [0.4, 0.5) is 27.4 Å². The number of imidazole rings is 1. The van der Waals surface area contributed by atoms with Crippen molar-refractivity contribution >= 4 is 51.1 Å². The Bertz CT molecular complexity index is 2020. The van der Waals surface area contributed by atoms with E-state index in [1.807, 2.05) is 58.4 Å². The SMILES string of the molecule is O=C(Nc1cccc(-c2nc3sccn3c2-c2ccnc(Nc3cccc(N4CCOCC4=O)c3)n2)c1)c1ccccc1F. The van der Waals surface area contributed by atoms with E-state index in [2.05, 4.69) is 15.6 Å². The van der Waals surface area contributed by atoms with E-state index in [1.165, 1.54) is 29.5 Å². The standard InChI is InChI=1S/C32H24FN7O3S/c33-25-10-2-1-9-24(25)30(42)35-21-6-3-5-20(17-21)28-29(40-14-16-44-32(40)38-28)26-11-12-34-31(37-26)36-22-7-4-8-23(18-22)39-13-15-43-19-27(39)41/h1-12,14,16-18H,13,15,19H2,(H,35,42)(H,34,36,37). The van der Waals surface area contributed by atoms with Crippen LogP contribution in [0, 0.1) is 5.82 Å². The fourth-order valence-electron chi connectivity index (χ4n) is 5.04. The summed E-state index contributed by atoms with van der Waals surface area (Å²) in [5, 5.41) is 7.99. The molecule has 1 aliphatic rings. The molecule has 2 amide bonds. The second kappa shape index (κ2) is 11.7. The highest BCUT2D eigenvalue weighted by Crippen LogP contribution is 2.35. The van der Waals surface area contributed by atoms with Crippen LogP contribution in [0.25, 0.3) is 27.6 Å². The largest absolute Gasteiger partial charge is 0.370 e. The molecule has 3 aromatic heterocycles. The Morgan fingerprint density at radius 1 is 0.977 bits per heavy atom. The predicted molar refractivity (Wildman–Crippen MR) is 167 cm³/mol. The molecule has 0 aliphatic carbocycles. The van der Waals surface area contributed by atoms with Crippen LogP contribution in [0.2, 0.25) is 0 Å². The number of aromatic nitrogens is 4. The number of benzene rings is 3. The van der Waals surface area contributed by atoms with Crippen molar-refractivity contribution in [1.82, 2.24) is 19.4 Å². The van der Waals surface area contributed by atoms with Gasteiger partial charge in [0.2, 0.25) is 5.95 Å². The number of anilines is 4. The molecule has 0 atom stereocenters. The molecule has 3 aromatic carbocycles. The molecule has 0 spiro atoms. The summed E-state index contributed by atoms with van der Waals surface area (Å²) in [6, 6.07) is 22.4. The molecule has 10 nitrogen and oxygen atoms in total. The van der Waals surface area contributed by atoms with Crippen molar-refractivity contribution in [3.05, 3.63) is 108 Å². The smallest absolute Gasteiger partial charge is 0.258 e. The third-order valence-electron chi connectivity index (χ3n) is 7.07. The third-order valence-corrected chi connectivity index (χ3v) is 7.83. The van der Waals surface area contributed by atoms with Gasteiger partial charge in [-0.2, -0.15) is 0 Å². The lowest BCUT2D eigenvalue weighted by Gasteiger charge is -2.27. The average molecular weight is 606 g/mol. The lowest BCUT2D eigenvalue weighted by atomic mass is 10.1. The number of morpholine rings is 1. The molecule has 2 N–H and O–H groups in total. The normalized spacial score (nSPS) is 13.3. The number of halogens is 1. The quantitative estimate of drug-likeness (QED) is 0.229. The molecule has 1 saturated heterocycles. The number of hydrogen-bond donors (Lipinski definition) is 2. The maximum atomic E-state index is 14.2. The number of ether oxygens (including phenoxy) is 1. The van der Waals surface area contributed by atoms with Crippen LogP contribution >= 0.6 is 11.3 Å². The highest BCUT2D eigenvalue weighted by atomic mass is 32.1. The van der Waals surface area contributed by atoms with Gasteiger partial charge in [0.05, 0.1) is 23.6 Å². The third kappa shape index (κ3) is 5.39. The van der Waals surface area contributed by atoms with E-state index in [0.717, 1.165) is 27.6 Å². The summed E-state index contributed by atoms with van der Waals surface area (Å²) >= 11 is 1.49. The van der Waals surface area contributed by atoms with E-state index >= 15 is 0 Å². The first-order valence-electron chi connectivity index (χ1n) is 13.7. The van der Waals surface area contributed by atoms with Crippen molar-refractivity contribution in [1.29, 1.82) is 0 Å². The van der Waals surface area contributed by atoms with Crippen LogP contribution in [-0.4, -0.2) is 50.9 Å². The molecular formula is C32H24FN7O3S. The molecule has 7 rings (SSSR count). The molecule has 1 aliphatic heterocycles. The topological polar surface area (TPSA) is 114 Å². The summed E-state index contributed by atoms with van der Waals surface area (Å²) in [6.45, 7) is 1.04. The van der Waals surface area contributed by atoms with Crippen molar-refractivity contribution in [3.8, 4) is 22.6 Å². The fraction of sp³-hybridized carbons (Fsp3) is 0.0938. The molecule has 6 aromatic rings. The second-order valence-corrected chi connectivity index (χ2v) is 10.8. The molecule has 12 heteroatoms. The van der Waals surface area contributed by atoms with Gasteiger partial charge in [-0.3, -0.25) is 14.0 Å². The average Bonchev–Trinajstić information content (AvgIpc) is 3.64. The Labute approximate surface area is 254 Å². The molecule has 1 fully saturated rings. The Morgan fingerprint density at radius 2 is 1.84 bits per heavy atom. The highest BCUT2D eigenvalue weighted by molar-refractivity contribution is 7.15. The summed E-state index contributed by atoms with van der Waals surface area (Å²) in [4.78, 5) is 41.7. The lowest BCUT2D eigenvalue weighted by Crippen LogP contribution is -2.41. The maximum Gasteiger partial charge on any atom is 0.258 e. The van der Waals surface area contributed by atoms with Gasteiger partial charge in [-0.15, -0.1) is 11.3 Å². The first kappa shape index (κ1) is 27.4. The molecule has 4 heterocycles. The lowest BCUT2D eigenvalue weighted by molar-refractivity contribution is -0.125. The number of carbonyl (C=O) groups excluding carboxylic acids is 2. The van der Waals surface area contributed by atoms with Gasteiger partial charge in [0.15, 0.2) is 4.96 Å². The van der Waals surface area contributed by atoms with Crippen LogP contribution < -0.4 is 15.5 Å². The molecule has 44 heavy (non-hydrogen) atoms. The van der Waals surface area contributed by atoms with Crippen molar-refractivity contribution in [2.24, 2.45) is 0 Å². The molecule has 218 valence electrons. The number of nitrogens with one attached hydrogen (secondary N) is 2. The van der Waals surface area contributed by atoms with Crippen molar-refractivity contribution in [2.75, 3.05) is 35.3 Å². The number of fused-ring (bicyclic) bond motifs is 1. The van der Waals surface area contributed by atoms with Crippen molar-refractivity contribution < 1.29 is 18.7 Å². The Kier molecular flexibility index (Phi) is 7.26. The van der Waals surface area contributed by atoms with Crippen molar-refractivity contribution in [2.45, 2.75) is 0 Å². The summed E-state index contributed by atoms with van der Waals surface area (Å²) in [5.74, 6) is -0.849. The van der Waals surface area contributed by atoms with E-state index in [1.54, 1.807) is 29.3 Å². The Balaban J connectivity index is 1.20. The second-order valence-electron chi connectivity index (χ2n) is 9.92. The molecule has 0 unspecified atom stereocenters. The molecular weight excluding hydrogens is 581 g/mol. The minimum atomic E-state index is -0.590. The molecule has 0 saturated carbocycles. The van der Waals surface area contributed by atoms with Crippen LogP contribution in [0.1, 0.15) is 10.4 Å². The van der Waals surface area contributed by atoms with Gasteiger partial charge in [-0.05, 0) is 48.5 Å². The number of hydrogen-bond acceptors (Lipinski definition) is 8. The minimum Gasteiger partial charge on any atom is -0.370 e. The summed E-state index contributed by atoms with van der Waals surface area (Å²) in [6.07, 6.45) is 3.59. The summed E-state index contributed by atoms with van der Waals surface area (Å²) < 4.78 is 21.4. The van der Waals surface area contributed by atoms with Crippen molar-refractivity contribution in [3.63, 3.8) is 0 Å². The first-order valence-corrected chi connectivity index (χ1v) is 14.6. The van der Waals surface area contributed by atoms with Crippen LogP contribution in [-0.2, 0) is 9.53 Å². The van der Waals surface area contributed by atoms with Crippen LogP contribution in [0.5, 0.6) is 0 Å². The van der Waals surface area contributed by atoms with Crippen LogP contribution in [0.15, 0.2) is 96.6 Å². The van der Waals surface area contributed by atoms with Gasteiger partial charge >= 0.3 is 0 Å². The first-order chi connectivity index (χ1) is 21.5. The number of amides is 2. The van der Waals surface area contributed by atoms with Gasteiger partial charge in [-0.1, -0.05) is 30.3 Å². The van der Waals surface area contributed by atoms with E-state index in [4.69, 9.17) is 14.7 Å². The molecule has 0 bridgehead atoms. The van der Waals surface area contributed by atoms with E-state index in [-0.39, 0.29) is 18.1 Å². The van der Waals surface area contributed by atoms with E-state index in [9.17, 15) is 14.0 Å². The Hall–Kier alpha value is -5.46. The van der Waals surface area contributed by atoms with E-state index in [0.29, 0.717) is 36.2 Å². The predicted octanol–water partition coefficient (Wildman–Crippen LogP) is 6.02. The number of nitrogens with zero attached hydrogens (tertiary/aromatic N) is 5. The maximum absolute atomic E-state index is 14.2. The van der Waals surface area contributed by atoms with E-state index < -0.39 is 11.7 Å². The van der Waals surface area contributed by atoms with Crippen LogP contribution in [0.3, 0.4) is 0 Å².